The van der Waals surface area contributed by atoms with E-state index in [1.807, 2.05) is 17.8 Å². The van der Waals surface area contributed by atoms with Crippen LogP contribution in [0, 0.1) is 5.82 Å². The maximum absolute atomic E-state index is 14.8. The van der Waals surface area contributed by atoms with Crippen LogP contribution in [0.15, 0.2) is 17.8 Å². The second kappa shape index (κ2) is 6.48. The molecule has 3 atom stereocenters. The normalized spacial score (nSPS) is 24.9. The molecule has 1 amide bonds. The van der Waals surface area contributed by atoms with E-state index >= 15 is 0 Å². The van der Waals surface area contributed by atoms with Crippen molar-refractivity contribution in [3.8, 4) is 5.88 Å². The van der Waals surface area contributed by atoms with E-state index in [9.17, 15) is 19.1 Å². The van der Waals surface area contributed by atoms with Gasteiger partial charge < -0.3 is 24.5 Å². The molecule has 0 spiro atoms. The third-order valence-electron chi connectivity index (χ3n) is 5.93. The van der Waals surface area contributed by atoms with Crippen LogP contribution in [-0.2, 0) is 4.79 Å². The summed E-state index contributed by atoms with van der Waals surface area (Å²) >= 11 is 6.15. The summed E-state index contributed by atoms with van der Waals surface area (Å²) < 4.78 is 20.7. The Morgan fingerprint density at radius 3 is 2.77 bits per heavy atom. The molecule has 0 bridgehead atoms. The molecule has 3 aliphatic rings. The Bertz CT molecular complexity index is 1150. The molecule has 1 N–H and O–H groups in total. The van der Waals surface area contributed by atoms with Crippen LogP contribution in [0.2, 0.25) is 5.02 Å². The van der Waals surface area contributed by atoms with Crippen molar-refractivity contribution in [2.45, 2.75) is 32.0 Å². The van der Waals surface area contributed by atoms with Gasteiger partial charge in [-0.3, -0.25) is 0 Å². The Morgan fingerprint density at radius 2 is 2.07 bits per heavy atom. The molecule has 1 aromatic carbocycles. The number of hydrogen-bond acceptors (Lipinski definition) is 6. The van der Waals surface area contributed by atoms with Crippen molar-refractivity contribution in [2.24, 2.45) is 0 Å². The highest BCUT2D eigenvalue weighted by atomic mass is 35.5. The van der Waals surface area contributed by atoms with Crippen molar-refractivity contribution in [2.75, 3.05) is 29.4 Å². The average Bonchev–Trinajstić information content (AvgIpc) is 2.67. The first kappa shape index (κ1) is 19.0. The van der Waals surface area contributed by atoms with E-state index in [0.29, 0.717) is 35.5 Å². The summed E-state index contributed by atoms with van der Waals surface area (Å²) in [4.78, 5) is 33.2. The largest absolute Gasteiger partial charge is 0.471 e. The predicted octanol–water partition coefficient (Wildman–Crippen LogP) is 2.90. The van der Waals surface area contributed by atoms with Crippen molar-refractivity contribution in [1.82, 2.24) is 9.88 Å². The maximum atomic E-state index is 14.8. The highest BCUT2D eigenvalue weighted by Gasteiger charge is 2.47. The highest BCUT2D eigenvalue weighted by molar-refractivity contribution is 6.31. The maximum Gasteiger partial charge on any atom is 0.407 e. The number of piperazine rings is 1. The minimum absolute atomic E-state index is 0.0917. The molecule has 1 saturated heterocycles. The number of ether oxygens (including phenoxy) is 1. The molecule has 2 aromatic rings. The molecule has 156 valence electrons. The molecule has 1 aromatic heterocycles. The van der Waals surface area contributed by atoms with E-state index in [1.54, 1.807) is 17.9 Å². The molecular formula is C20H18ClFN4O4. The van der Waals surface area contributed by atoms with Gasteiger partial charge in [0.05, 0.1) is 24.8 Å². The lowest BCUT2D eigenvalue weighted by Crippen LogP contribution is -2.63. The molecule has 4 heterocycles. The fourth-order valence-electron chi connectivity index (χ4n) is 4.68. The number of aromatic nitrogens is 1. The van der Waals surface area contributed by atoms with Gasteiger partial charge >= 0.3 is 6.09 Å². The summed E-state index contributed by atoms with van der Waals surface area (Å²) in [7, 11) is 0. The quantitative estimate of drug-likeness (QED) is 0.640. The van der Waals surface area contributed by atoms with Crippen LogP contribution in [0.25, 0.3) is 10.9 Å². The first-order valence-electron chi connectivity index (χ1n) is 9.58. The average molecular weight is 433 g/mol. The third kappa shape index (κ3) is 2.55. The number of halogens is 2. The summed E-state index contributed by atoms with van der Waals surface area (Å²) in [5, 5.41) is 10.3. The molecule has 0 saturated carbocycles. The Morgan fingerprint density at radius 1 is 1.30 bits per heavy atom. The minimum Gasteiger partial charge on any atom is -0.471 e. The van der Waals surface area contributed by atoms with Gasteiger partial charge in [-0.25, -0.2) is 19.0 Å². The molecule has 0 aliphatic carbocycles. The molecular weight excluding hydrogens is 415 g/mol. The van der Waals surface area contributed by atoms with Crippen molar-refractivity contribution in [3.63, 3.8) is 0 Å². The van der Waals surface area contributed by atoms with Crippen molar-refractivity contribution >= 4 is 45.9 Å². The molecule has 1 fully saturated rings. The van der Waals surface area contributed by atoms with E-state index in [2.05, 4.69) is 4.98 Å². The number of anilines is 2. The first-order valence-corrected chi connectivity index (χ1v) is 9.96. The van der Waals surface area contributed by atoms with Gasteiger partial charge in [-0.15, -0.1) is 0 Å². The topological polar surface area (TPSA) is 86.2 Å². The van der Waals surface area contributed by atoms with Crippen LogP contribution in [0.4, 0.5) is 20.6 Å². The number of carbonyl (C=O) groups excluding carboxylic acids is 1. The number of carbonyl (C=O) groups is 1. The zero-order valence-electron chi connectivity index (χ0n) is 16.2. The number of rotatable bonds is 0. The van der Waals surface area contributed by atoms with Gasteiger partial charge in [-0.1, -0.05) is 11.6 Å². The van der Waals surface area contributed by atoms with Gasteiger partial charge in [0, 0.05) is 23.0 Å². The second-order valence-electron chi connectivity index (χ2n) is 7.88. The predicted molar refractivity (Wildman–Crippen MR) is 109 cm³/mol. The first-order chi connectivity index (χ1) is 14.3. The van der Waals surface area contributed by atoms with Crippen molar-refractivity contribution < 1.29 is 23.8 Å². The smallest absolute Gasteiger partial charge is 0.407 e. The lowest BCUT2D eigenvalue weighted by molar-refractivity contribution is 0.115. The number of amides is 1. The van der Waals surface area contributed by atoms with E-state index in [1.165, 1.54) is 11.0 Å². The molecule has 5 rings (SSSR count). The molecule has 0 radical (unpaired) electrons. The van der Waals surface area contributed by atoms with Gasteiger partial charge in [-0.2, -0.15) is 0 Å². The minimum atomic E-state index is -1.05. The zero-order valence-corrected chi connectivity index (χ0v) is 17.0. The Labute approximate surface area is 176 Å². The Kier molecular flexibility index (Phi) is 4.10. The van der Waals surface area contributed by atoms with Gasteiger partial charge in [0.2, 0.25) is 5.88 Å². The molecule has 30 heavy (non-hydrogen) atoms. The highest BCUT2D eigenvalue weighted by Crippen LogP contribution is 2.52. The zero-order chi connectivity index (χ0) is 21.3. The van der Waals surface area contributed by atoms with Crippen molar-refractivity contribution in [3.05, 3.63) is 28.7 Å². The van der Waals surface area contributed by atoms with E-state index in [4.69, 9.17) is 16.3 Å². The summed E-state index contributed by atoms with van der Waals surface area (Å²) in [5.41, 5.74) is 1.64. The fourth-order valence-corrected chi connectivity index (χ4v) is 4.89. The Hall–Kier alpha value is -3.03. The van der Waals surface area contributed by atoms with Crippen LogP contribution in [0.5, 0.6) is 5.88 Å². The van der Waals surface area contributed by atoms with Crippen LogP contribution in [0.3, 0.4) is 0 Å². The van der Waals surface area contributed by atoms with Gasteiger partial charge in [0.1, 0.15) is 28.9 Å². The number of nitrogens with zero attached hydrogens (tertiary/aromatic N) is 4. The summed E-state index contributed by atoms with van der Waals surface area (Å²) in [6.45, 7) is 4.39. The lowest BCUT2D eigenvalue weighted by Gasteiger charge is -2.52. The van der Waals surface area contributed by atoms with Gasteiger partial charge in [0.25, 0.3) is 0 Å². The van der Waals surface area contributed by atoms with Crippen LogP contribution < -0.4 is 14.5 Å². The third-order valence-corrected chi connectivity index (χ3v) is 6.15. The summed E-state index contributed by atoms with van der Waals surface area (Å²) in [6.07, 6.45) is -1.36. The molecule has 3 aliphatic heterocycles. The molecule has 10 heteroatoms. The van der Waals surface area contributed by atoms with E-state index in [-0.39, 0.29) is 35.1 Å². The monoisotopic (exact) mass is 432 g/mol. The Balaban J connectivity index is 1.83. The SMILES string of the molecule is CC1CN2C(=C=O)C3CN(C(=O)O)C(C)CN3c3c2c(nc2c(F)cc(Cl)cc32)O1. The number of pyridine rings is 1. The van der Waals surface area contributed by atoms with Crippen LogP contribution >= 0.6 is 11.6 Å². The standard InChI is InChI=1S/C20H18ClFN4O4/c1-9-5-25-14(7-24(9)20(28)29)15(8-27)26-6-10(2)30-19-18(26)17(25)12-3-11(21)4-13(22)16(12)23-19/h3-4,9-10,14H,5-7H2,1-2H3,(H,28,29). The molecule has 8 nitrogen and oxygen atoms in total. The number of carboxylic acid groups (broad SMARTS) is 1. The number of hydrogen-bond donors (Lipinski definition) is 1. The van der Waals surface area contributed by atoms with Crippen LogP contribution in [-0.4, -0.2) is 64.8 Å². The summed E-state index contributed by atoms with van der Waals surface area (Å²) in [5.74, 6) is 1.68. The van der Waals surface area contributed by atoms with Gasteiger partial charge in [-0.05, 0) is 26.0 Å². The van der Waals surface area contributed by atoms with E-state index in [0.717, 1.165) is 0 Å². The number of fused-ring (bicyclic) bond motifs is 4. The lowest BCUT2D eigenvalue weighted by atomic mass is 9.95. The van der Waals surface area contributed by atoms with Crippen LogP contribution in [0.1, 0.15) is 13.8 Å². The number of benzene rings is 1. The van der Waals surface area contributed by atoms with Gasteiger partial charge in [0.15, 0.2) is 5.82 Å². The fraction of sp³-hybridized carbons (Fsp3) is 0.400. The van der Waals surface area contributed by atoms with Crippen molar-refractivity contribution in [1.29, 1.82) is 0 Å². The molecule has 3 unspecified atom stereocenters. The van der Waals surface area contributed by atoms with E-state index < -0.39 is 18.0 Å². The second-order valence-corrected chi connectivity index (χ2v) is 8.31. The summed E-state index contributed by atoms with van der Waals surface area (Å²) in [6, 6.07) is 1.93.